The molecule has 1 N–H and O–H groups in total. The van der Waals surface area contributed by atoms with Crippen LogP contribution < -0.4 is 5.32 Å². The lowest BCUT2D eigenvalue weighted by Crippen LogP contribution is -2.26. The molecule has 0 saturated carbocycles. The molecule has 1 aromatic rings. The van der Waals surface area contributed by atoms with Crippen LogP contribution in [0.4, 0.5) is 0 Å². The van der Waals surface area contributed by atoms with Gasteiger partial charge in [0, 0.05) is 24.5 Å². The number of aromatic nitrogens is 1. The lowest BCUT2D eigenvalue weighted by Gasteiger charge is -2.21. The molecule has 0 radical (unpaired) electrons. The second-order valence-corrected chi connectivity index (χ2v) is 5.35. The third kappa shape index (κ3) is 3.84. The van der Waals surface area contributed by atoms with Gasteiger partial charge in [-0.1, -0.05) is 12.5 Å². The minimum atomic E-state index is 0.822. The normalized spacial score (nSPS) is 21.5. The quantitative estimate of drug-likeness (QED) is 0.847. The topological polar surface area (TPSA) is 24.9 Å². The van der Waals surface area contributed by atoms with Crippen molar-refractivity contribution in [1.29, 1.82) is 0 Å². The molecule has 0 amide bonds. The molecule has 2 heterocycles. The zero-order valence-electron chi connectivity index (χ0n) is 8.98. The number of hydrogen-bond donors (Lipinski definition) is 1. The van der Waals surface area contributed by atoms with Crippen molar-refractivity contribution in [3.8, 4) is 0 Å². The Labute approximate surface area is 95.9 Å². The Balaban J connectivity index is 1.66. The van der Waals surface area contributed by atoms with E-state index < -0.39 is 0 Å². The number of rotatable bonds is 4. The highest BCUT2D eigenvalue weighted by molar-refractivity contribution is 7.99. The monoisotopic (exact) mass is 222 g/mol. The van der Waals surface area contributed by atoms with Gasteiger partial charge in [0.25, 0.3) is 0 Å². The van der Waals surface area contributed by atoms with Crippen LogP contribution >= 0.6 is 11.8 Å². The van der Waals surface area contributed by atoms with Gasteiger partial charge in [0.2, 0.25) is 0 Å². The molecule has 1 atom stereocenters. The number of nitrogens with zero attached hydrogens (tertiary/aromatic N) is 1. The SMILES string of the molecule is c1ccc(CNCC2CCCCS2)nc1. The molecule has 1 saturated heterocycles. The lowest BCUT2D eigenvalue weighted by atomic mass is 10.2. The molecule has 0 aliphatic carbocycles. The fraction of sp³-hybridized carbons (Fsp3) is 0.583. The van der Waals surface area contributed by atoms with E-state index in [0.717, 1.165) is 24.0 Å². The van der Waals surface area contributed by atoms with Crippen molar-refractivity contribution >= 4 is 11.8 Å². The zero-order valence-corrected chi connectivity index (χ0v) is 9.80. The molecule has 1 unspecified atom stereocenters. The Kier molecular flexibility index (Phi) is 4.48. The summed E-state index contributed by atoms with van der Waals surface area (Å²) < 4.78 is 0. The first-order chi connectivity index (χ1) is 7.45. The molecule has 1 aliphatic rings. The number of nitrogens with one attached hydrogen (secondary N) is 1. The van der Waals surface area contributed by atoms with Gasteiger partial charge in [-0.05, 0) is 30.7 Å². The van der Waals surface area contributed by atoms with Crippen LogP contribution in [0.1, 0.15) is 25.0 Å². The molecule has 1 fully saturated rings. The smallest absolute Gasteiger partial charge is 0.0541 e. The Morgan fingerprint density at radius 2 is 2.40 bits per heavy atom. The van der Waals surface area contributed by atoms with Gasteiger partial charge < -0.3 is 5.32 Å². The summed E-state index contributed by atoms with van der Waals surface area (Å²) >= 11 is 2.12. The van der Waals surface area contributed by atoms with E-state index in [0.29, 0.717) is 0 Å². The maximum Gasteiger partial charge on any atom is 0.0541 e. The number of hydrogen-bond acceptors (Lipinski definition) is 3. The molecular formula is C12H18N2S. The van der Waals surface area contributed by atoms with E-state index in [1.807, 2.05) is 18.3 Å². The average molecular weight is 222 g/mol. The highest BCUT2D eigenvalue weighted by Gasteiger charge is 2.12. The van der Waals surface area contributed by atoms with Gasteiger partial charge in [-0.15, -0.1) is 0 Å². The van der Waals surface area contributed by atoms with E-state index in [1.165, 1.54) is 25.0 Å². The predicted octanol–water partition coefficient (Wildman–Crippen LogP) is 2.46. The number of thioether (sulfide) groups is 1. The molecule has 82 valence electrons. The van der Waals surface area contributed by atoms with E-state index >= 15 is 0 Å². The van der Waals surface area contributed by atoms with E-state index in [4.69, 9.17) is 0 Å². The van der Waals surface area contributed by atoms with Crippen LogP contribution in [0, 0.1) is 0 Å². The van der Waals surface area contributed by atoms with Crippen molar-refractivity contribution < 1.29 is 0 Å². The summed E-state index contributed by atoms with van der Waals surface area (Å²) in [7, 11) is 0. The van der Waals surface area contributed by atoms with Crippen LogP contribution in [-0.4, -0.2) is 22.5 Å². The molecule has 0 bridgehead atoms. The number of pyridine rings is 1. The molecule has 1 aliphatic heterocycles. The molecule has 2 nitrogen and oxygen atoms in total. The molecule has 15 heavy (non-hydrogen) atoms. The second kappa shape index (κ2) is 6.13. The minimum absolute atomic E-state index is 0.822. The van der Waals surface area contributed by atoms with E-state index in [9.17, 15) is 0 Å². The highest BCUT2D eigenvalue weighted by atomic mass is 32.2. The van der Waals surface area contributed by atoms with Crippen molar-refractivity contribution in [3.63, 3.8) is 0 Å². The van der Waals surface area contributed by atoms with E-state index in [2.05, 4.69) is 28.1 Å². The molecule has 3 heteroatoms. The Morgan fingerprint density at radius 3 is 3.13 bits per heavy atom. The summed E-state index contributed by atoms with van der Waals surface area (Å²) in [6.45, 7) is 2.03. The first-order valence-electron chi connectivity index (χ1n) is 5.67. The molecule has 1 aromatic heterocycles. The third-order valence-corrected chi connectivity index (χ3v) is 4.08. The van der Waals surface area contributed by atoms with Crippen LogP contribution in [0.25, 0.3) is 0 Å². The summed E-state index contributed by atoms with van der Waals surface area (Å²) in [6.07, 6.45) is 6.04. The summed E-state index contributed by atoms with van der Waals surface area (Å²) in [5.41, 5.74) is 1.14. The fourth-order valence-electron chi connectivity index (χ4n) is 1.83. The maximum absolute atomic E-state index is 4.29. The van der Waals surface area contributed by atoms with Crippen molar-refractivity contribution in [1.82, 2.24) is 10.3 Å². The Bertz CT molecular complexity index is 270. The Hall–Kier alpha value is -0.540. The van der Waals surface area contributed by atoms with Crippen LogP contribution in [0.3, 0.4) is 0 Å². The predicted molar refractivity (Wildman–Crippen MR) is 66.0 cm³/mol. The molecule has 0 aromatic carbocycles. The summed E-state index contributed by atoms with van der Waals surface area (Å²) in [6, 6.07) is 6.07. The largest absolute Gasteiger partial charge is 0.310 e. The summed E-state index contributed by atoms with van der Waals surface area (Å²) in [5, 5.41) is 4.31. The Morgan fingerprint density at radius 1 is 1.40 bits per heavy atom. The van der Waals surface area contributed by atoms with Crippen LogP contribution in [-0.2, 0) is 6.54 Å². The fourth-order valence-corrected chi connectivity index (χ4v) is 3.11. The first-order valence-corrected chi connectivity index (χ1v) is 6.72. The van der Waals surface area contributed by atoms with Gasteiger partial charge in [0.1, 0.15) is 0 Å². The van der Waals surface area contributed by atoms with Crippen molar-refractivity contribution in [3.05, 3.63) is 30.1 Å². The zero-order chi connectivity index (χ0) is 10.3. The lowest BCUT2D eigenvalue weighted by molar-refractivity contribution is 0.593. The minimum Gasteiger partial charge on any atom is -0.310 e. The van der Waals surface area contributed by atoms with Crippen molar-refractivity contribution in [2.75, 3.05) is 12.3 Å². The average Bonchev–Trinajstić information content (AvgIpc) is 2.32. The van der Waals surface area contributed by atoms with Gasteiger partial charge in [0.15, 0.2) is 0 Å². The van der Waals surface area contributed by atoms with E-state index in [-0.39, 0.29) is 0 Å². The van der Waals surface area contributed by atoms with Gasteiger partial charge in [-0.2, -0.15) is 11.8 Å². The van der Waals surface area contributed by atoms with Gasteiger partial charge >= 0.3 is 0 Å². The highest BCUT2D eigenvalue weighted by Crippen LogP contribution is 2.24. The van der Waals surface area contributed by atoms with Gasteiger partial charge in [-0.25, -0.2) is 0 Å². The summed E-state index contributed by atoms with van der Waals surface area (Å²) in [4.78, 5) is 4.29. The molecule has 0 spiro atoms. The van der Waals surface area contributed by atoms with Crippen LogP contribution in [0.2, 0.25) is 0 Å². The summed E-state index contributed by atoms with van der Waals surface area (Å²) in [5.74, 6) is 1.34. The van der Waals surface area contributed by atoms with E-state index in [1.54, 1.807) is 0 Å². The van der Waals surface area contributed by atoms with Crippen molar-refractivity contribution in [2.45, 2.75) is 31.1 Å². The maximum atomic E-state index is 4.29. The van der Waals surface area contributed by atoms with Gasteiger partial charge in [-0.3, -0.25) is 4.98 Å². The second-order valence-electron chi connectivity index (χ2n) is 3.94. The van der Waals surface area contributed by atoms with Crippen LogP contribution in [0.15, 0.2) is 24.4 Å². The molecule has 2 rings (SSSR count). The van der Waals surface area contributed by atoms with Gasteiger partial charge in [0.05, 0.1) is 5.69 Å². The third-order valence-electron chi connectivity index (χ3n) is 2.68. The molecular weight excluding hydrogens is 204 g/mol. The van der Waals surface area contributed by atoms with Crippen molar-refractivity contribution in [2.24, 2.45) is 0 Å². The van der Waals surface area contributed by atoms with Crippen LogP contribution in [0.5, 0.6) is 0 Å². The standard InChI is InChI=1S/C12H18N2S/c1-3-7-14-11(5-1)9-13-10-12-6-2-4-8-15-12/h1,3,5,7,12-13H,2,4,6,8-10H2. The first kappa shape index (κ1) is 11.0.